The summed E-state index contributed by atoms with van der Waals surface area (Å²) in [5, 5.41) is 7.69. The molecule has 3 aromatic rings. The molecule has 0 amide bonds. The monoisotopic (exact) mass is 287 g/mol. The lowest BCUT2D eigenvalue weighted by Gasteiger charge is -2.02. The fourth-order valence-electron chi connectivity index (χ4n) is 1.58. The SMILES string of the molecule is Clc1ccc(NCc2nc(-c3ncccn3)no2)cc1. The van der Waals surface area contributed by atoms with Gasteiger partial charge in [0.25, 0.3) is 0 Å². The van der Waals surface area contributed by atoms with Crippen LogP contribution in [0.15, 0.2) is 47.2 Å². The molecule has 3 rings (SSSR count). The van der Waals surface area contributed by atoms with Gasteiger partial charge in [0.15, 0.2) is 0 Å². The van der Waals surface area contributed by atoms with Gasteiger partial charge in [0.1, 0.15) is 0 Å². The van der Waals surface area contributed by atoms with Crippen LogP contribution >= 0.6 is 11.6 Å². The van der Waals surface area contributed by atoms with Crippen molar-refractivity contribution in [1.29, 1.82) is 0 Å². The van der Waals surface area contributed by atoms with Crippen LogP contribution in [0, 0.1) is 0 Å². The zero-order valence-corrected chi connectivity index (χ0v) is 11.1. The van der Waals surface area contributed by atoms with Crippen LogP contribution in [0.4, 0.5) is 5.69 Å². The number of rotatable bonds is 4. The standard InChI is InChI=1S/C13H10ClN5O/c14-9-2-4-10(5-3-9)17-8-11-18-13(19-20-11)12-15-6-1-7-16-12/h1-7,17H,8H2. The van der Waals surface area contributed by atoms with E-state index in [4.69, 9.17) is 16.1 Å². The lowest BCUT2D eigenvalue weighted by molar-refractivity contribution is 0.384. The van der Waals surface area contributed by atoms with Crippen molar-refractivity contribution < 1.29 is 4.52 Å². The van der Waals surface area contributed by atoms with Crippen molar-refractivity contribution >= 4 is 17.3 Å². The van der Waals surface area contributed by atoms with Crippen molar-refractivity contribution in [3.05, 3.63) is 53.6 Å². The van der Waals surface area contributed by atoms with E-state index in [1.54, 1.807) is 30.6 Å². The summed E-state index contributed by atoms with van der Waals surface area (Å²) in [6, 6.07) is 9.09. The van der Waals surface area contributed by atoms with E-state index in [1.807, 2.05) is 12.1 Å². The van der Waals surface area contributed by atoms with Gasteiger partial charge in [-0.3, -0.25) is 0 Å². The molecule has 0 radical (unpaired) electrons. The van der Waals surface area contributed by atoms with Crippen molar-refractivity contribution in [1.82, 2.24) is 20.1 Å². The molecule has 0 aliphatic rings. The minimum Gasteiger partial charge on any atom is -0.376 e. The van der Waals surface area contributed by atoms with E-state index in [2.05, 4.69) is 25.4 Å². The van der Waals surface area contributed by atoms with Gasteiger partial charge in [-0.25, -0.2) is 9.97 Å². The molecule has 1 aromatic carbocycles. The Morgan fingerprint density at radius 2 is 1.80 bits per heavy atom. The van der Waals surface area contributed by atoms with E-state index in [9.17, 15) is 0 Å². The third kappa shape index (κ3) is 2.92. The highest BCUT2D eigenvalue weighted by molar-refractivity contribution is 6.30. The Bertz CT molecular complexity index is 683. The second-order valence-electron chi connectivity index (χ2n) is 3.94. The smallest absolute Gasteiger partial charge is 0.246 e. The van der Waals surface area contributed by atoms with Gasteiger partial charge in [-0.05, 0) is 30.3 Å². The Kier molecular flexibility index (Phi) is 3.56. The van der Waals surface area contributed by atoms with Gasteiger partial charge in [-0.1, -0.05) is 16.8 Å². The molecule has 0 aliphatic heterocycles. The third-order valence-electron chi connectivity index (χ3n) is 2.52. The van der Waals surface area contributed by atoms with E-state index in [1.165, 1.54) is 0 Å². The van der Waals surface area contributed by atoms with Crippen LogP contribution in [0.5, 0.6) is 0 Å². The van der Waals surface area contributed by atoms with Crippen molar-refractivity contribution in [2.45, 2.75) is 6.54 Å². The van der Waals surface area contributed by atoms with Crippen molar-refractivity contribution in [2.24, 2.45) is 0 Å². The van der Waals surface area contributed by atoms with E-state index in [-0.39, 0.29) is 0 Å². The van der Waals surface area contributed by atoms with Crippen molar-refractivity contribution in [2.75, 3.05) is 5.32 Å². The second-order valence-corrected chi connectivity index (χ2v) is 4.38. The molecule has 0 fully saturated rings. The molecule has 20 heavy (non-hydrogen) atoms. The Balaban J connectivity index is 1.67. The highest BCUT2D eigenvalue weighted by Gasteiger charge is 2.10. The summed E-state index contributed by atoms with van der Waals surface area (Å²) in [5.74, 6) is 1.27. The first-order valence-corrected chi connectivity index (χ1v) is 6.28. The minimum absolute atomic E-state index is 0.374. The normalized spacial score (nSPS) is 10.4. The first kappa shape index (κ1) is 12.6. The molecule has 0 saturated carbocycles. The van der Waals surface area contributed by atoms with Gasteiger partial charge >= 0.3 is 0 Å². The first-order chi connectivity index (χ1) is 9.81. The number of anilines is 1. The Hall–Kier alpha value is -2.47. The zero-order valence-electron chi connectivity index (χ0n) is 10.3. The quantitative estimate of drug-likeness (QED) is 0.795. The van der Waals surface area contributed by atoms with Crippen LogP contribution in [0.1, 0.15) is 5.89 Å². The highest BCUT2D eigenvalue weighted by atomic mass is 35.5. The molecule has 0 bridgehead atoms. The van der Waals surface area contributed by atoms with E-state index >= 15 is 0 Å². The maximum absolute atomic E-state index is 5.82. The summed E-state index contributed by atoms with van der Waals surface area (Å²) in [7, 11) is 0. The summed E-state index contributed by atoms with van der Waals surface area (Å²) >= 11 is 5.82. The number of aromatic nitrogens is 4. The number of nitrogens with one attached hydrogen (secondary N) is 1. The van der Waals surface area contributed by atoms with Crippen LogP contribution in [0.25, 0.3) is 11.6 Å². The molecule has 2 aromatic heterocycles. The fourth-order valence-corrected chi connectivity index (χ4v) is 1.70. The van der Waals surface area contributed by atoms with Crippen LogP contribution < -0.4 is 5.32 Å². The molecule has 0 saturated heterocycles. The predicted molar refractivity (Wildman–Crippen MR) is 74.1 cm³/mol. The molecule has 0 aliphatic carbocycles. The summed E-state index contributed by atoms with van der Waals surface area (Å²) in [6.45, 7) is 0.418. The largest absolute Gasteiger partial charge is 0.376 e. The number of halogens is 1. The maximum atomic E-state index is 5.82. The summed E-state index contributed by atoms with van der Waals surface area (Å²) in [5.41, 5.74) is 0.921. The van der Waals surface area contributed by atoms with Crippen LogP contribution in [0.2, 0.25) is 5.02 Å². The molecule has 1 N–H and O–H groups in total. The number of hydrogen-bond acceptors (Lipinski definition) is 6. The zero-order chi connectivity index (χ0) is 13.8. The lowest BCUT2D eigenvalue weighted by atomic mass is 10.3. The molecular formula is C13H10ClN5O. The van der Waals surface area contributed by atoms with Crippen LogP contribution in [0.3, 0.4) is 0 Å². The Morgan fingerprint density at radius 1 is 1.05 bits per heavy atom. The van der Waals surface area contributed by atoms with Gasteiger partial charge < -0.3 is 9.84 Å². The Morgan fingerprint density at radius 3 is 2.55 bits per heavy atom. The number of hydrogen-bond donors (Lipinski definition) is 1. The topological polar surface area (TPSA) is 76.7 Å². The van der Waals surface area contributed by atoms with Gasteiger partial charge in [0.2, 0.25) is 17.5 Å². The lowest BCUT2D eigenvalue weighted by Crippen LogP contribution is -1.99. The number of nitrogens with zero attached hydrogens (tertiary/aromatic N) is 4. The van der Waals surface area contributed by atoms with Gasteiger partial charge in [-0.2, -0.15) is 4.98 Å². The molecule has 6 nitrogen and oxygen atoms in total. The summed E-state index contributed by atoms with van der Waals surface area (Å²) in [6.07, 6.45) is 3.26. The van der Waals surface area contributed by atoms with Gasteiger partial charge in [-0.15, -0.1) is 0 Å². The van der Waals surface area contributed by atoms with Crippen LogP contribution in [-0.2, 0) is 6.54 Å². The average molecular weight is 288 g/mol. The number of benzene rings is 1. The molecular weight excluding hydrogens is 278 g/mol. The first-order valence-electron chi connectivity index (χ1n) is 5.91. The Labute approximate surface area is 119 Å². The predicted octanol–water partition coefficient (Wildman–Crippen LogP) is 2.79. The summed E-state index contributed by atoms with van der Waals surface area (Å²) in [4.78, 5) is 12.3. The highest BCUT2D eigenvalue weighted by Crippen LogP contribution is 2.15. The van der Waals surface area contributed by atoms with E-state index in [0.29, 0.717) is 29.1 Å². The summed E-state index contributed by atoms with van der Waals surface area (Å²) < 4.78 is 5.13. The van der Waals surface area contributed by atoms with Gasteiger partial charge in [0.05, 0.1) is 6.54 Å². The molecule has 0 unspecified atom stereocenters. The molecule has 2 heterocycles. The van der Waals surface area contributed by atoms with Crippen molar-refractivity contribution in [3.63, 3.8) is 0 Å². The maximum Gasteiger partial charge on any atom is 0.246 e. The van der Waals surface area contributed by atoms with E-state index in [0.717, 1.165) is 5.69 Å². The molecule has 0 spiro atoms. The van der Waals surface area contributed by atoms with E-state index < -0.39 is 0 Å². The third-order valence-corrected chi connectivity index (χ3v) is 2.77. The average Bonchev–Trinajstić information content (AvgIpc) is 2.97. The van der Waals surface area contributed by atoms with Gasteiger partial charge in [0, 0.05) is 23.1 Å². The molecule has 0 atom stereocenters. The van der Waals surface area contributed by atoms with Crippen LogP contribution in [-0.4, -0.2) is 20.1 Å². The second kappa shape index (κ2) is 5.66. The minimum atomic E-state index is 0.374. The molecule has 100 valence electrons. The molecule has 7 heteroatoms. The fraction of sp³-hybridized carbons (Fsp3) is 0.0769. The van der Waals surface area contributed by atoms with Crippen molar-refractivity contribution in [3.8, 4) is 11.6 Å².